The van der Waals surface area contributed by atoms with Gasteiger partial charge in [0.1, 0.15) is 17.3 Å². The zero-order chi connectivity index (χ0) is 23.5. The number of hydrogen-bond donors (Lipinski definition) is 1. The van der Waals surface area contributed by atoms with Crippen molar-refractivity contribution in [3.8, 4) is 0 Å². The van der Waals surface area contributed by atoms with E-state index in [0.717, 1.165) is 49.2 Å². The molecule has 0 atom stereocenters. The van der Waals surface area contributed by atoms with Gasteiger partial charge in [0.15, 0.2) is 0 Å². The molecule has 4 fully saturated rings. The van der Waals surface area contributed by atoms with Gasteiger partial charge in [-0.2, -0.15) is 13.2 Å². The summed E-state index contributed by atoms with van der Waals surface area (Å²) in [6.07, 6.45) is 1.41. The van der Waals surface area contributed by atoms with E-state index in [4.69, 9.17) is 0 Å². The topological polar surface area (TPSA) is 81.2 Å². The molecule has 4 aliphatic rings. The van der Waals surface area contributed by atoms with Gasteiger partial charge in [0.25, 0.3) is 0 Å². The van der Waals surface area contributed by atoms with Crippen molar-refractivity contribution < 1.29 is 18.0 Å². The van der Waals surface area contributed by atoms with Crippen molar-refractivity contribution in [3.05, 3.63) is 41.2 Å². The third-order valence-electron chi connectivity index (χ3n) is 7.72. The standard InChI is InChI=1S/C23H28F3N7O/c24-23(25,26)18-4-1-15(11-27-18)12-31-5-7-32(8-6-31)21(34)33-13-22(14-33)9-17(10-22)20-28-19(29-30-20)16-2-3-16/h1,4,11,16-17H,2-3,5-10,12-14H2,(H,28,29,30). The fraction of sp³-hybridized carbons (Fsp3) is 0.652. The normalized spacial score (nSPS) is 23.1. The van der Waals surface area contributed by atoms with Crippen molar-refractivity contribution in [1.29, 1.82) is 0 Å². The minimum Gasteiger partial charge on any atom is -0.328 e. The van der Waals surface area contributed by atoms with E-state index >= 15 is 0 Å². The molecule has 8 nitrogen and oxygen atoms in total. The van der Waals surface area contributed by atoms with Gasteiger partial charge < -0.3 is 14.8 Å². The van der Waals surface area contributed by atoms with Crippen molar-refractivity contribution in [2.45, 2.75) is 50.2 Å². The summed E-state index contributed by atoms with van der Waals surface area (Å²) in [4.78, 5) is 25.9. The number of likely N-dealkylation sites (tertiary alicyclic amines) is 1. The van der Waals surface area contributed by atoms with Gasteiger partial charge in [-0.25, -0.2) is 4.79 Å². The number of hydrogen-bond acceptors (Lipinski definition) is 5. The molecular weight excluding hydrogens is 447 g/mol. The maximum absolute atomic E-state index is 12.9. The van der Waals surface area contributed by atoms with Crippen LogP contribution in [0.2, 0.25) is 0 Å². The Balaban J connectivity index is 0.938. The summed E-state index contributed by atoms with van der Waals surface area (Å²) >= 11 is 0. The lowest BCUT2D eigenvalue weighted by atomic mass is 9.57. The van der Waals surface area contributed by atoms with Crippen LogP contribution < -0.4 is 0 Å². The molecule has 2 amide bonds. The number of carbonyl (C=O) groups excluding carboxylic acids is 1. The number of amides is 2. The number of aromatic amines is 1. The molecule has 0 radical (unpaired) electrons. The summed E-state index contributed by atoms with van der Waals surface area (Å²) < 4.78 is 38.0. The van der Waals surface area contributed by atoms with Crippen LogP contribution in [-0.4, -0.2) is 80.2 Å². The quantitative estimate of drug-likeness (QED) is 0.735. The summed E-state index contributed by atoms with van der Waals surface area (Å²) in [5.74, 6) is 3.06. The van der Waals surface area contributed by atoms with Gasteiger partial charge in [-0.3, -0.25) is 9.88 Å². The number of nitrogens with one attached hydrogen (secondary N) is 1. The molecule has 2 saturated carbocycles. The Labute approximate surface area is 195 Å². The number of piperazine rings is 1. The highest BCUT2D eigenvalue weighted by Crippen LogP contribution is 2.55. The molecule has 0 bridgehead atoms. The second-order valence-corrected chi connectivity index (χ2v) is 10.4. The van der Waals surface area contributed by atoms with Crippen LogP contribution in [-0.2, 0) is 12.7 Å². The van der Waals surface area contributed by atoms with Gasteiger partial charge in [-0.1, -0.05) is 6.07 Å². The summed E-state index contributed by atoms with van der Waals surface area (Å²) in [7, 11) is 0. The molecular formula is C23H28F3N7O. The monoisotopic (exact) mass is 475 g/mol. The third-order valence-corrected chi connectivity index (χ3v) is 7.72. The zero-order valence-corrected chi connectivity index (χ0v) is 18.9. The van der Waals surface area contributed by atoms with Gasteiger partial charge >= 0.3 is 12.2 Å². The van der Waals surface area contributed by atoms with Crippen LogP contribution in [0.5, 0.6) is 0 Å². The molecule has 2 aromatic heterocycles. The molecule has 0 unspecified atom stereocenters. The molecule has 1 N–H and O–H groups in total. The van der Waals surface area contributed by atoms with Crippen LogP contribution in [0.15, 0.2) is 18.3 Å². The average Bonchev–Trinajstić information content (AvgIpc) is 3.50. The van der Waals surface area contributed by atoms with E-state index in [1.54, 1.807) is 0 Å². The molecule has 11 heteroatoms. The molecule has 182 valence electrons. The Morgan fingerprint density at radius 1 is 1.00 bits per heavy atom. The van der Waals surface area contributed by atoms with E-state index in [2.05, 4.69) is 25.1 Å². The Morgan fingerprint density at radius 3 is 2.26 bits per heavy atom. The molecule has 2 aliphatic carbocycles. The van der Waals surface area contributed by atoms with Gasteiger partial charge in [-0.15, -0.1) is 10.2 Å². The minimum absolute atomic E-state index is 0.0978. The molecule has 6 rings (SSSR count). The number of H-pyrrole nitrogens is 1. The van der Waals surface area contributed by atoms with E-state index in [1.807, 2.05) is 9.80 Å². The molecule has 2 aliphatic heterocycles. The second-order valence-electron chi connectivity index (χ2n) is 10.4. The van der Waals surface area contributed by atoms with Crippen molar-refractivity contribution in [2.24, 2.45) is 5.41 Å². The SMILES string of the molecule is O=C(N1CCN(Cc2ccc(C(F)(F)F)nc2)CC1)N1CC2(CC(c3nnc(C4CC4)[nH]3)C2)C1. The summed E-state index contributed by atoms with van der Waals surface area (Å²) in [5.41, 5.74) is 0.109. The lowest BCUT2D eigenvalue weighted by molar-refractivity contribution is -0.141. The maximum Gasteiger partial charge on any atom is 0.433 e. The highest BCUT2D eigenvalue weighted by Gasteiger charge is 2.55. The Hall–Kier alpha value is -2.69. The zero-order valence-electron chi connectivity index (χ0n) is 18.9. The number of urea groups is 1. The van der Waals surface area contributed by atoms with Gasteiger partial charge in [0.05, 0.1) is 0 Å². The number of aromatic nitrogens is 4. The van der Waals surface area contributed by atoms with Crippen LogP contribution >= 0.6 is 0 Å². The average molecular weight is 476 g/mol. The molecule has 1 spiro atoms. The Bertz CT molecular complexity index is 1040. The van der Waals surface area contributed by atoms with Gasteiger partial charge in [-0.05, 0) is 37.3 Å². The number of rotatable bonds is 4. The highest BCUT2D eigenvalue weighted by atomic mass is 19.4. The number of halogens is 3. The molecule has 2 aromatic rings. The van der Waals surface area contributed by atoms with Crippen LogP contribution in [0.25, 0.3) is 0 Å². The van der Waals surface area contributed by atoms with Crippen molar-refractivity contribution >= 4 is 6.03 Å². The van der Waals surface area contributed by atoms with Crippen molar-refractivity contribution in [3.63, 3.8) is 0 Å². The molecule has 4 heterocycles. The van der Waals surface area contributed by atoms with Crippen LogP contribution in [0.1, 0.15) is 60.4 Å². The number of carbonyl (C=O) groups is 1. The van der Waals surface area contributed by atoms with Crippen molar-refractivity contribution in [2.75, 3.05) is 39.3 Å². The minimum atomic E-state index is -4.42. The molecule has 2 saturated heterocycles. The number of nitrogens with zero attached hydrogens (tertiary/aromatic N) is 6. The summed E-state index contributed by atoms with van der Waals surface area (Å²) in [5, 5.41) is 8.64. The highest BCUT2D eigenvalue weighted by molar-refractivity contribution is 5.76. The lowest BCUT2D eigenvalue weighted by Crippen LogP contribution is -2.66. The predicted octanol–water partition coefficient (Wildman–Crippen LogP) is 3.21. The number of alkyl halides is 3. The number of pyridine rings is 1. The molecule has 0 aromatic carbocycles. The van der Waals surface area contributed by atoms with E-state index in [9.17, 15) is 18.0 Å². The summed E-state index contributed by atoms with van der Waals surface area (Å²) in [6.45, 7) is 4.80. The maximum atomic E-state index is 12.9. The third kappa shape index (κ3) is 4.14. The van der Waals surface area contributed by atoms with Crippen LogP contribution in [0.3, 0.4) is 0 Å². The fourth-order valence-corrected chi connectivity index (χ4v) is 5.59. The van der Waals surface area contributed by atoms with Gasteiger partial charge in [0.2, 0.25) is 0 Å². The first-order chi connectivity index (χ1) is 16.3. The molecule has 34 heavy (non-hydrogen) atoms. The predicted molar refractivity (Wildman–Crippen MR) is 116 cm³/mol. The second kappa shape index (κ2) is 7.93. The van der Waals surface area contributed by atoms with Crippen LogP contribution in [0.4, 0.5) is 18.0 Å². The first-order valence-corrected chi connectivity index (χ1v) is 12.0. The Kier molecular flexibility index (Phi) is 5.09. The van der Waals surface area contributed by atoms with E-state index in [1.165, 1.54) is 25.1 Å². The first kappa shape index (κ1) is 21.8. The van der Waals surface area contributed by atoms with E-state index in [0.29, 0.717) is 44.6 Å². The lowest BCUT2D eigenvalue weighted by Gasteiger charge is -2.59. The largest absolute Gasteiger partial charge is 0.433 e. The Morgan fingerprint density at radius 2 is 1.68 bits per heavy atom. The van der Waals surface area contributed by atoms with Crippen LogP contribution in [0, 0.1) is 5.41 Å². The first-order valence-electron chi connectivity index (χ1n) is 12.0. The fourth-order valence-electron chi connectivity index (χ4n) is 5.59. The van der Waals surface area contributed by atoms with Gasteiger partial charge in [0, 0.05) is 69.3 Å². The van der Waals surface area contributed by atoms with E-state index < -0.39 is 11.9 Å². The summed E-state index contributed by atoms with van der Waals surface area (Å²) in [6, 6.07) is 2.60. The van der Waals surface area contributed by atoms with Crippen molar-refractivity contribution in [1.82, 2.24) is 34.9 Å². The van der Waals surface area contributed by atoms with E-state index in [-0.39, 0.29) is 11.4 Å². The smallest absolute Gasteiger partial charge is 0.328 e.